The van der Waals surface area contributed by atoms with Crippen LogP contribution in [-0.2, 0) is 0 Å². The van der Waals surface area contributed by atoms with Crippen molar-refractivity contribution in [2.75, 3.05) is 0 Å². The molecule has 0 amide bonds. The van der Waals surface area contributed by atoms with Crippen LogP contribution in [0.5, 0.6) is 0 Å². The molecule has 0 saturated carbocycles. The summed E-state index contributed by atoms with van der Waals surface area (Å²) in [6.45, 7) is 0. The van der Waals surface area contributed by atoms with E-state index in [0.29, 0.717) is 8.96 Å². The molecule has 2 aromatic carbocycles. The Morgan fingerprint density at radius 3 is 2.58 bits per heavy atom. The minimum Gasteiger partial charge on any atom is -0.205 e. The first-order valence-corrected chi connectivity index (χ1v) is 4.69. The second kappa shape index (κ2) is 3.01. The van der Waals surface area contributed by atoms with Crippen molar-refractivity contribution in [3.63, 3.8) is 0 Å². The summed E-state index contributed by atoms with van der Waals surface area (Å²) in [6, 6.07) is 11.2. The van der Waals surface area contributed by atoms with Crippen LogP contribution in [0, 0.1) is 9.39 Å². The van der Waals surface area contributed by atoms with Crippen LogP contribution in [0.25, 0.3) is 10.8 Å². The third kappa shape index (κ3) is 1.20. The summed E-state index contributed by atoms with van der Waals surface area (Å²) in [5.41, 5.74) is 0. The molecule has 0 aliphatic rings. The molecule has 12 heavy (non-hydrogen) atoms. The molecule has 0 heterocycles. The van der Waals surface area contributed by atoms with Crippen LogP contribution in [-0.4, -0.2) is 0 Å². The monoisotopic (exact) mass is 272 g/mol. The standard InChI is InChI=1S/C10H6FI/c11-10-8-4-2-1-3-7(8)5-6-9(10)12/h1-6H. The van der Waals surface area contributed by atoms with E-state index in [0.717, 1.165) is 5.39 Å². The summed E-state index contributed by atoms with van der Waals surface area (Å²) < 4.78 is 14.1. The van der Waals surface area contributed by atoms with E-state index in [1.165, 1.54) is 0 Å². The van der Waals surface area contributed by atoms with Crippen LogP contribution >= 0.6 is 22.6 Å². The minimum absolute atomic E-state index is 0.117. The summed E-state index contributed by atoms with van der Waals surface area (Å²) in [4.78, 5) is 0. The van der Waals surface area contributed by atoms with Gasteiger partial charge in [0.1, 0.15) is 5.82 Å². The van der Waals surface area contributed by atoms with Crippen LogP contribution in [0.3, 0.4) is 0 Å². The first-order valence-electron chi connectivity index (χ1n) is 3.62. The second-order valence-electron chi connectivity index (χ2n) is 2.58. The lowest BCUT2D eigenvalue weighted by Crippen LogP contribution is -1.83. The lowest BCUT2D eigenvalue weighted by Gasteiger charge is -1.99. The van der Waals surface area contributed by atoms with E-state index in [1.54, 1.807) is 12.1 Å². The Kier molecular flexibility index (Phi) is 2.00. The number of benzene rings is 2. The van der Waals surface area contributed by atoms with Crippen molar-refractivity contribution in [3.05, 3.63) is 45.8 Å². The highest BCUT2D eigenvalue weighted by Crippen LogP contribution is 2.21. The second-order valence-corrected chi connectivity index (χ2v) is 3.74. The van der Waals surface area contributed by atoms with Gasteiger partial charge in [0, 0.05) is 8.96 Å². The smallest absolute Gasteiger partial charge is 0.144 e. The molecule has 2 rings (SSSR count). The SMILES string of the molecule is Fc1c(I)ccc2ccccc12. The van der Waals surface area contributed by atoms with E-state index in [9.17, 15) is 4.39 Å². The Bertz CT molecular complexity index is 423. The van der Waals surface area contributed by atoms with Crippen molar-refractivity contribution in [2.45, 2.75) is 0 Å². The van der Waals surface area contributed by atoms with Crippen LogP contribution in [0.15, 0.2) is 36.4 Å². The maximum atomic E-state index is 13.4. The van der Waals surface area contributed by atoms with Crippen molar-refractivity contribution >= 4 is 33.4 Å². The molecular weight excluding hydrogens is 266 g/mol. The fourth-order valence-electron chi connectivity index (χ4n) is 1.21. The maximum absolute atomic E-state index is 13.4. The van der Waals surface area contributed by atoms with Gasteiger partial charge in [0.2, 0.25) is 0 Å². The molecule has 0 nitrogen and oxygen atoms in total. The van der Waals surface area contributed by atoms with Crippen molar-refractivity contribution < 1.29 is 4.39 Å². The van der Waals surface area contributed by atoms with E-state index < -0.39 is 0 Å². The fourth-order valence-corrected chi connectivity index (χ4v) is 1.68. The molecule has 0 bridgehead atoms. The molecule has 0 aliphatic heterocycles. The molecule has 0 atom stereocenters. The molecule has 0 spiro atoms. The zero-order valence-electron chi connectivity index (χ0n) is 6.22. The number of halogens is 2. The largest absolute Gasteiger partial charge is 0.205 e. The first kappa shape index (κ1) is 7.98. The Labute approximate surface area is 83.5 Å². The summed E-state index contributed by atoms with van der Waals surface area (Å²) >= 11 is 2.00. The van der Waals surface area contributed by atoms with Crippen LogP contribution in [0.1, 0.15) is 0 Å². The predicted octanol–water partition coefficient (Wildman–Crippen LogP) is 3.58. The van der Waals surface area contributed by atoms with E-state index in [2.05, 4.69) is 0 Å². The van der Waals surface area contributed by atoms with Gasteiger partial charge in [-0.1, -0.05) is 30.3 Å². The number of hydrogen-bond acceptors (Lipinski definition) is 0. The average molecular weight is 272 g/mol. The molecule has 0 unspecified atom stereocenters. The van der Waals surface area contributed by atoms with Crippen molar-refractivity contribution in [2.24, 2.45) is 0 Å². The summed E-state index contributed by atoms with van der Waals surface area (Å²) in [5.74, 6) is -0.117. The third-order valence-corrected chi connectivity index (χ3v) is 2.65. The predicted molar refractivity (Wildman–Crippen MR) is 56.6 cm³/mol. The molecule has 2 heteroatoms. The number of fused-ring (bicyclic) bond motifs is 1. The van der Waals surface area contributed by atoms with Gasteiger partial charge in [-0.15, -0.1) is 0 Å². The third-order valence-electron chi connectivity index (χ3n) is 1.82. The molecule has 0 aromatic heterocycles. The highest BCUT2D eigenvalue weighted by atomic mass is 127. The van der Waals surface area contributed by atoms with E-state index in [-0.39, 0.29) is 5.82 Å². The molecule has 0 radical (unpaired) electrons. The van der Waals surface area contributed by atoms with Crippen LogP contribution in [0.4, 0.5) is 4.39 Å². The summed E-state index contributed by atoms with van der Waals surface area (Å²) in [6.07, 6.45) is 0. The highest BCUT2D eigenvalue weighted by molar-refractivity contribution is 14.1. The maximum Gasteiger partial charge on any atom is 0.144 e. The van der Waals surface area contributed by atoms with E-state index in [4.69, 9.17) is 0 Å². The van der Waals surface area contributed by atoms with Gasteiger partial charge in [-0.2, -0.15) is 0 Å². The Morgan fingerprint density at radius 1 is 1.00 bits per heavy atom. The molecule has 0 aliphatic carbocycles. The Morgan fingerprint density at radius 2 is 1.75 bits per heavy atom. The summed E-state index contributed by atoms with van der Waals surface area (Å²) in [7, 11) is 0. The lowest BCUT2D eigenvalue weighted by atomic mass is 10.1. The van der Waals surface area contributed by atoms with Crippen molar-refractivity contribution in [1.82, 2.24) is 0 Å². The van der Waals surface area contributed by atoms with Gasteiger partial charge in [0.15, 0.2) is 0 Å². The molecule has 60 valence electrons. The van der Waals surface area contributed by atoms with Gasteiger partial charge < -0.3 is 0 Å². The lowest BCUT2D eigenvalue weighted by molar-refractivity contribution is 0.632. The number of rotatable bonds is 0. The van der Waals surface area contributed by atoms with Gasteiger partial charge >= 0.3 is 0 Å². The van der Waals surface area contributed by atoms with E-state index >= 15 is 0 Å². The van der Waals surface area contributed by atoms with Gasteiger partial charge in [-0.05, 0) is 34.0 Å². The van der Waals surface area contributed by atoms with Crippen molar-refractivity contribution in [3.8, 4) is 0 Å². The van der Waals surface area contributed by atoms with Gasteiger partial charge in [-0.25, -0.2) is 4.39 Å². The molecule has 2 aromatic rings. The molecule has 0 fully saturated rings. The number of hydrogen-bond donors (Lipinski definition) is 0. The van der Waals surface area contributed by atoms with Crippen molar-refractivity contribution in [1.29, 1.82) is 0 Å². The quantitative estimate of drug-likeness (QED) is 0.643. The van der Waals surface area contributed by atoms with E-state index in [1.807, 2.05) is 46.9 Å². The topological polar surface area (TPSA) is 0 Å². The summed E-state index contributed by atoms with van der Waals surface area (Å²) in [5, 5.41) is 1.65. The Balaban J connectivity index is 2.91. The first-order chi connectivity index (χ1) is 5.79. The minimum atomic E-state index is -0.117. The zero-order chi connectivity index (χ0) is 8.55. The molecular formula is C10H6FI. The highest BCUT2D eigenvalue weighted by Gasteiger charge is 2.02. The van der Waals surface area contributed by atoms with Crippen LogP contribution < -0.4 is 0 Å². The molecule has 0 N–H and O–H groups in total. The van der Waals surface area contributed by atoms with Gasteiger partial charge in [-0.3, -0.25) is 0 Å². The molecule has 0 saturated heterocycles. The fraction of sp³-hybridized carbons (Fsp3) is 0. The van der Waals surface area contributed by atoms with Gasteiger partial charge in [0.05, 0.1) is 0 Å². The van der Waals surface area contributed by atoms with Gasteiger partial charge in [0.25, 0.3) is 0 Å². The Hall–Kier alpha value is -0.640. The average Bonchev–Trinajstić information content (AvgIpc) is 2.12. The normalized spacial score (nSPS) is 10.5. The zero-order valence-corrected chi connectivity index (χ0v) is 8.38. The van der Waals surface area contributed by atoms with Crippen LogP contribution in [0.2, 0.25) is 0 Å².